The third-order valence-corrected chi connectivity index (χ3v) is 2.95. The Bertz CT molecular complexity index is 229. The quantitative estimate of drug-likeness (QED) is 0.712. The highest BCUT2D eigenvalue weighted by Crippen LogP contribution is 2.21. The van der Waals surface area contributed by atoms with Crippen LogP contribution in [0.2, 0.25) is 0 Å². The van der Waals surface area contributed by atoms with E-state index in [0.29, 0.717) is 19.5 Å². The first-order valence-electron chi connectivity index (χ1n) is 5.65. The lowest BCUT2D eigenvalue weighted by Gasteiger charge is -2.37. The third-order valence-electron chi connectivity index (χ3n) is 2.95. The van der Waals surface area contributed by atoms with Gasteiger partial charge in [-0.25, -0.2) is 0 Å². The predicted molar refractivity (Wildman–Crippen MR) is 59.3 cm³/mol. The molecule has 0 spiro atoms. The van der Waals surface area contributed by atoms with Gasteiger partial charge in [-0.05, 0) is 32.2 Å². The fourth-order valence-corrected chi connectivity index (χ4v) is 1.94. The third kappa shape index (κ3) is 3.80. The maximum Gasteiger partial charge on any atom is 0.222 e. The second-order valence-electron chi connectivity index (χ2n) is 4.96. The topological polar surface area (TPSA) is 66.6 Å². The van der Waals surface area contributed by atoms with E-state index >= 15 is 0 Å². The van der Waals surface area contributed by atoms with E-state index in [9.17, 15) is 9.90 Å². The van der Waals surface area contributed by atoms with Crippen LogP contribution in [0.3, 0.4) is 0 Å². The molecule has 1 amide bonds. The average Bonchev–Trinajstić information content (AvgIpc) is 2.16. The zero-order valence-corrected chi connectivity index (χ0v) is 9.70. The number of nitrogens with two attached hydrogens (primary N) is 1. The van der Waals surface area contributed by atoms with Crippen LogP contribution < -0.4 is 5.73 Å². The molecule has 0 aromatic rings. The Morgan fingerprint density at radius 2 is 2.33 bits per heavy atom. The highest BCUT2D eigenvalue weighted by Gasteiger charge is 2.30. The average molecular weight is 214 g/mol. The van der Waals surface area contributed by atoms with E-state index in [0.717, 1.165) is 19.4 Å². The number of aliphatic hydroxyl groups is 1. The van der Waals surface area contributed by atoms with Gasteiger partial charge in [0.25, 0.3) is 0 Å². The minimum absolute atomic E-state index is 0.118. The Morgan fingerprint density at radius 3 is 2.87 bits per heavy atom. The molecule has 1 heterocycles. The van der Waals surface area contributed by atoms with Crippen molar-refractivity contribution in [2.24, 2.45) is 11.7 Å². The molecule has 4 heteroatoms. The van der Waals surface area contributed by atoms with Crippen molar-refractivity contribution in [2.45, 2.75) is 38.7 Å². The molecule has 0 bridgehead atoms. The largest absolute Gasteiger partial charge is 0.388 e. The number of rotatable bonds is 3. The lowest BCUT2D eigenvalue weighted by atomic mass is 9.94. The number of likely N-dealkylation sites (tertiary alicyclic amines) is 1. The zero-order valence-electron chi connectivity index (χ0n) is 9.70. The van der Waals surface area contributed by atoms with Crippen molar-refractivity contribution < 1.29 is 9.90 Å². The predicted octanol–water partition coefficient (Wildman–Crippen LogP) is 0.345. The molecule has 0 saturated carbocycles. The van der Waals surface area contributed by atoms with Gasteiger partial charge in [0.1, 0.15) is 0 Å². The first-order chi connectivity index (χ1) is 6.94. The molecule has 2 atom stereocenters. The number of carbonyl (C=O) groups is 1. The standard InChI is InChI=1S/C11H22N2O2/c1-9(7-12)6-10(14)13-5-3-4-11(2,15)8-13/h9,15H,3-8,12H2,1-2H3. The minimum atomic E-state index is -0.708. The normalized spacial score (nSPS) is 28.9. The van der Waals surface area contributed by atoms with E-state index < -0.39 is 5.60 Å². The first kappa shape index (κ1) is 12.5. The summed E-state index contributed by atoms with van der Waals surface area (Å²) in [6.45, 7) is 5.53. The van der Waals surface area contributed by atoms with Crippen LogP contribution in [-0.2, 0) is 4.79 Å². The van der Waals surface area contributed by atoms with Crippen LogP contribution in [0.5, 0.6) is 0 Å². The maximum atomic E-state index is 11.8. The summed E-state index contributed by atoms with van der Waals surface area (Å²) >= 11 is 0. The van der Waals surface area contributed by atoms with Crippen molar-refractivity contribution in [3.63, 3.8) is 0 Å². The van der Waals surface area contributed by atoms with Gasteiger partial charge < -0.3 is 15.7 Å². The van der Waals surface area contributed by atoms with Gasteiger partial charge >= 0.3 is 0 Å². The lowest BCUT2D eigenvalue weighted by molar-refractivity contribution is -0.138. The van der Waals surface area contributed by atoms with E-state index in [1.54, 1.807) is 11.8 Å². The smallest absolute Gasteiger partial charge is 0.222 e. The van der Waals surface area contributed by atoms with Crippen molar-refractivity contribution in [3.8, 4) is 0 Å². The van der Waals surface area contributed by atoms with Gasteiger partial charge in [0, 0.05) is 19.5 Å². The summed E-state index contributed by atoms with van der Waals surface area (Å²) in [6, 6.07) is 0. The second-order valence-corrected chi connectivity index (χ2v) is 4.96. The second kappa shape index (κ2) is 4.94. The van der Waals surface area contributed by atoms with Crippen LogP contribution >= 0.6 is 0 Å². The van der Waals surface area contributed by atoms with Gasteiger partial charge in [-0.3, -0.25) is 4.79 Å². The summed E-state index contributed by atoms with van der Waals surface area (Å²) in [5.41, 5.74) is 4.77. The van der Waals surface area contributed by atoms with E-state index in [-0.39, 0.29) is 11.8 Å². The zero-order chi connectivity index (χ0) is 11.5. The summed E-state index contributed by atoms with van der Waals surface area (Å²) < 4.78 is 0. The molecule has 1 rings (SSSR count). The number of carbonyl (C=O) groups excluding carboxylic acids is 1. The van der Waals surface area contributed by atoms with Crippen LogP contribution in [0.15, 0.2) is 0 Å². The first-order valence-corrected chi connectivity index (χ1v) is 5.65. The molecule has 0 aromatic carbocycles. The van der Waals surface area contributed by atoms with Gasteiger partial charge in [-0.1, -0.05) is 6.92 Å². The van der Waals surface area contributed by atoms with Crippen molar-refractivity contribution >= 4 is 5.91 Å². The molecule has 1 aliphatic heterocycles. The number of hydrogen-bond acceptors (Lipinski definition) is 3. The SMILES string of the molecule is CC(CN)CC(=O)N1CCCC(C)(O)C1. The molecule has 0 radical (unpaired) electrons. The van der Waals surface area contributed by atoms with Crippen LogP contribution in [0.4, 0.5) is 0 Å². The molecular formula is C11H22N2O2. The fraction of sp³-hybridized carbons (Fsp3) is 0.909. The molecule has 4 nitrogen and oxygen atoms in total. The van der Waals surface area contributed by atoms with Crippen molar-refractivity contribution in [2.75, 3.05) is 19.6 Å². The minimum Gasteiger partial charge on any atom is -0.388 e. The Hall–Kier alpha value is -0.610. The molecule has 0 aliphatic carbocycles. The number of piperidine rings is 1. The number of hydrogen-bond donors (Lipinski definition) is 2. The fourth-order valence-electron chi connectivity index (χ4n) is 1.94. The van der Waals surface area contributed by atoms with E-state index in [1.807, 2.05) is 6.92 Å². The van der Waals surface area contributed by atoms with Gasteiger partial charge in [0.05, 0.1) is 5.60 Å². The van der Waals surface area contributed by atoms with E-state index in [2.05, 4.69) is 0 Å². The Labute approximate surface area is 91.4 Å². The number of nitrogens with zero attached hydrogens (tertiary/aromatic N) is 1. The molecule has 88 valence electrons. The van der Waals surface area contributed by atoms with Gasteiger partial charge in [-0.15, -0.1) is 0 Å². The van der Waals surface area contributed by atoms with E-state index in [4.69, 9.17) is 5.73 Å². The molecule has 15 heavy (non-hydrogen) atoms. The van der Waals surface area contributed by atoms with Gasteiger partial charge in [0.2, 0.25) is 5.91 Å². The van der Waals surface area contributed by atoms with Crippen LogP contribution in [-0.4, -0.2) is 41.1 Å². The molecule has 3 N–H and O–H groups in total. The van der Waals surface area contributed by atoms with Crippen molar-refractivity contribution in [1.82, 2.24) is 4.90 Å². The summed E-state index contributed by atoms with van der Waals surface area (Å²) in [5, 5.41) is 9.87. The highest BCUT2D eigenvalue weighted by molar-refractivity contribution is 5.76. The molecule has 0 aromatic heterocycles. The number of β-amino-alcohol motifs (C(OH)–C–C–N with tert-alkyl or cyclic N) is 1. The Balaban J connectivity index is 2.46. The summed E-state index contributed by atoms with van der Waals surface area (Å²) in [4.78, 5) is 13.6. The van der Waals surface area contributed by atoms with E-state index in [1.165, 1.54) is 0 Å². The Kier molecular flexibility index (Phi) is 4.11. The summed E-state index contributed by atoms with van der Waals surface area (Å²) in [5.74, 6) is 0.345. The van der Waals surface area contributed by atoms with Crippen LogP contribution in [0.1, 0.15) is 33.1 Å². The van der Waals surface area contributed by atoms with Gasteiger partial charge in [0.15, 0.2) is 0 Å². The maximum absolute atomic E-state index is 11.8. The monoisotopic (exact) mass is 214 g/mol. The molecule has 2 unspecified atom stereocenters. The molecule has 1 fully saturated rings. The van der Waals surface area contributed by atoms with Gasteiger partial charge in [-0.2, -0.15) is 0 Å². The van der Waals surface area contributed by atoms with Crippen molar-refractivity contribution in [3.05, 3.63) is 0 Å². The molecule has 1 aliphatic rings. The van der Waals surface area contributed by atoms with Crippen LogP contribution in [0.25, 0.3) is 0 Å². The molecule has 1 saturated heterocycles. The van der Waals surface area contributed by atoms with Crippen molar-refractivity contribution in [1.29, 1.82) is 0 Å². The lowest BCUT2D eigenvalue weighted by Crippen LogP contribution is -2.49. The Morgan fingerprint density at radius 1 is 1.67 bits per heavy atom. The summed E-state index contributed by atoms with van der Waals surface area (Å²) in [6.07, 6.45) is 2.16. The highest BCUT2D eigenvalue weighted by atomic mass is 16.3. The summed E-state index contributed by atoms with van der Waals surface area (Å²) in [7, 11) is 0. The van der Waals surface area contributed by atoms with Crippen LogP contribution in [0, 0.1) is 5.92 Å². The number of amides is 1. The molecular weight excluding hydrogens is 192 g/mol.